The zero-order chi connectivity index (χ0) is 12.5. The molecule has 3 heteroatoms. The van der Waals surface area contributed by atoms with Crippen molar-refractivity contribution in [2.75, 3.05) is 19.7 Å². The molecule has 0 aromatic carbocycles. The van der Waals surface area contributed by atoms with E-state index in [1.807, 2.05) is 12.3 Å². The minimum Gasteiger partial charge on any atom is -0.395 e. The fraction of sp³-hybridized carbons (Fsp3) is 0.643. The summed E-state index contributed by atoms with van der Waals surface area (Å²) >= 11 is 0. The van der Waals surface area contributed by atoms with Gasteiger partial charge in [-0.25, -0.2) is 0 Å². The molecular weight excluding hydrogens is 212 g/mol. The molecule has 1 heterocycles. The average Bonchev–Trinajstić information content (AvgIpc) is 2.37. The van der Waals surface area contributed by atoms with Crippen LogP contribution in [0.4, 0.5) is 0 Å². The van der Waals surface area contributed by atoms with Gasteiger partial charge in [-0.3, -0.25) is 9.88 Å². The highest BCUT2D eigenvalue weighted by molar-refractivity contribution is 5.08. The Hall–Kier alpha value is -0.930. The molecule has 0 aliphatic rings. The maximum Gasteiger partial charge on any atom is 0.0558 e. The van der Waals surface area contributed by atoms with Crippen LogP contribution in [0.2, 0.25) is 0 Å². The van der Waals surface area contributed by atoms with E-state index >= 15 is 0 Å². The van der Waals surface area contributed by atoms with Gasteiger partial charge in [-0.1, -0.05) is 32.8 Å². The van der Waals surface area contributed by atoms with Crippen molar-refractivity contribution in [1.82, 2.24) is 9.88 Å². The zero-order valence-electron chi connectivity index (χ0n) is 11.0. The number of pyridine rings is 1. The van der Waals surface area contributed by atoms with Gasteiger partial charge in [-0.15, -0.1) is 0 Å². The Bertz CT molecular complexity index is 286. The van der Waals surface area contributed by atoms with Crippen molar-refractivity contribution >= 4 is 0 Å². The summed E-state index contributed by atoms with van der Waals surface area (Å²) in [5.41, 5.74) is 1.21. The second-order valence-electron chi connectivity index (χ2n) is 4.50. The highest BCUT2D eigenvalue weighted by Crippen LogP contribution is 2.12. The van der Waals surface area contributed by atoms with Crippen LogP contribution < -0.4 is 0 Å². The van der Waals surface area contributed by atoms with Crippen molar-refractivity contribution in [2.45, 2.75) is 33.2 Å². The minimum atomic E-state index is 0.223. The van der Waals surface area contributed by atoms with Gasteiger partial charge in [-0.2, -0.15) is 0 Å². The van der Waals surface area contributed by atoms with Crippen LogP contribution in [0.25, 0.3) is 0 Å². The topological polar surface area (TPSA) is 36.4 Å². The minimum absolute atomic E-state index is 0.223. The first-order valence-corrected chi connectivity index (χ1v) is 6.52. The third-order valence-electron chi connectivity index (χ3n) is 3.22. The van der Waals surface area contributed by atoms with Gasteiger partial charge in [0.25, 0.3) is 0 Å². The first kappa shape index (κ1) is 14.1. The maximum absolute atomic E-state index is 9.12. The lowest BCUT2D eigenvalue weighted by atomic mass is 10.0. The summed E-state index contributed by atoms with van der Waals surface area (Å²) in [5.74, 6) is 0.721. The van der Waals surface area contributed by atoms with Gasteiger partial charge in [0.05, 0.1) is 6.61 Å². The fourth-order valence-corrected chi connectivity index (χ4v) is 2.04. The molecule has 0 aliphatic carbocycles. The van der Waals surface area contributed by atoms with Crippen LogP contribution in [-0.2, 0) is 6.54 Å². The Morgan fingerprint density at radius 3 is 2.65 bits per heavy atom. The van der Waals surface area contributed by atoms with Crippen LogP contribution in [-0.4, -0.2) is 34.7 Å². The standard InChI is InChI=1S/C14H24N2O/c1-3-13(4-2)11-16(8-9-17)12-14-6-5-7-15-10-14/h5-7,10,13,17H,3-4,8-9,11-12H2,1-2H3. The Labute approximate surface area is 104 Å². The van der Waals surface area contributed by atoms with Gasteiger partial charge >= 0.3 is 0 Å². The lowest BCUT2D eigenvalue weighted by molar-refractivity contribution is 0.165. The molecule has 0 saturated heterocycles. The number of rotatable bonds is 8. The van der Waals surface area contributed by atoms with Gasteiger partial charge in [0.1, 0.15) is 0 Å². The zero-order valence-corrected chi connectivity index (χ0v) is 11.0. The van der Waals surface area contributed by atoms with Crippen molar-refractivity contribution < 1.29 is 5.11 Å². The van der Waals surface area contributed by atoms with Crippen molar-refractivity contribution in [3.8, 4) is 0 Å². The number of hydrogen-bond donors (Lipinski definition) is 1. The molecule has 1 rings (SSSR count). The van der Waals surface area contributed by atoms with E-state index in [-0.39, 0.29) is 6.61 Å². The van der Waals surface area contributed by atoms with Crippen molar-refractivity contribution in [1.29, 1.82) is 0 Å². The normalized spacial score (nSPS) is 11.4. The van der Waals surface area contributed by atoms with E-state index in [0.29, 0.717) is 0 Å². The molecule has 0 amide bonds. The molecule has 1 aromatic heterocycles. The quantitative estimate of drug-likeness (QED) is 0.752. The maximum atomic E-state index is 9.12. The van der Waals surface area contributed by atoms with Crippen LogP contribution in [0.3, 0.4) is 0 Å². The van der Waals surface area contributed by atoms with E-state index in [4.69, 9.17) is 5.11 Å². The Morgan fingerprint density at radius 1 is 1.35 bits per heavy atom. The lowest BCUT2D eigenvalue weighted by Crippen LogP contribution is -2.31. The van der Waals surface area contributed by atoms with Crippen LogP contribution in [0.1, 0.15) is 32.3 Å². The molecule has 0 bridgehead atoms. The lowest BCUT2D eigenvalue weighted by Gasteiger charge is -2.25. The first-order valence-electron chi connectivity index (χ1n) is 6.52. The van der Waals surface area contributed by atoms with Crippen LogP contribution in [0.15, 0.2) is 24.5 Å². The van der Waals surface area contributed by atoms with E-state index in [9.17, 15) is 0 Å². The summed E-state index contributed by atoms with van der Waals surface area (Å²) in [4.78, 5) is 6.44. The van der Waals surface area contributed by atoms with E-state index < -0.39 is 0 Å². The van der Waals surface area contributed by atoms with E-state index in [1.165, 1.54) is 18.4 Å². The monoisotopic (exact) mass is 236 g/mol. The summed E-state index contributed by atoms with van der Waals surface area (Å²) in [6.07, 6.45) is 6.09. The van der Waals surface area contributed by atoms with Gasteiger partial charge in [0.2, 0.25) is 0 Å². The predicted molar refractivity (Wildman–Crippen MR) is 70.7 cm³/mol. The number of aliphatic hydroxyl groups excluding tert-OH is 1. The highest BCUT2D eigenvalue weighted by Gasteiger charge is 2.11. The molecule has 17 heavy (non-hydrogen) atoms. The highest BCUT2D eigenvalue weighted by atomic mass is 16.3. The van der Waals surface area contributed by atoms with Crippen molar-refractivity contribution in [3.05, 3.63) is 30.1 Å². The average molecular weight is 236 g/mol. The number of aromatic nitrogens is 1. The summed E-state index contributed by atoms with van der Waals surface area (Å²) in [7, 11) is 0. The molecule has 0 spiro atoms. The van der Waals surface area contributed by atoms with Crippen molar-refractivity contribution in [3.63, 3.8) is 0 Å². The summed E-state index contributed by atoms with van der Waals surface area (Å²) in [6, 6.07) is 4.05. The van der Waals surface area contributed by atoms with Crippen molar-refractivity contribution in [2.24, 2.45) is 5.92 Å². The first-order chi connectivity index (χ1) is 8.30. The summed E-state index contributed by atoms with van der Waals surface area (Å²) < 4.78 is 0. The second-order valence-corrected chi connectivity index (χ2v) is 4.50. The molecule has 0 radical (unpaired) electrons. The summed E-state index contributed by atoms with van der Waals surface area (Å²) in [6.45, 7) is 7.36. The molecule has 96 valence electrons. The van der Waals surface area contributed by atoms with Gasteiger partial charge in [0.15, 0.2) is 0 Å². The smallest absolute Gasteiger partial charge is 0.0558 e. The third kappa shape index (κ3) is 5.29. The Morgan fingerprint density at radius 2 is 2.12 bits per heavy atom. The van der Waals surface area contributed by atoms with E-state index in [1.54, 1.807) is 6.20 Å². The number of nitrogens with zero attached hydrogens (tertiary/aromatic N) is 2. The van der Waals surface area contributed by atoms with Gasteiger partial charge in [0, 0.05) is 32.0 Å². The Kier molecular flexibility index (Phi) is 6.82. The number of hydrogen-bond acceptors (Lipinski definition) is 3. The van der Waals surface area contributed by atoms with Crippen LogP contribution >= 0.6 is 0 Å². The molecule has 0 atom stereocenters. The summed E-state index contributed by atoms with van der Waals surface area (Å²) in [5, 5.41) is 9.12. The predicted octanol–water partition coefficient (Wildman–Crippen LogP) is 2.31. The van der Waals surface area contributed by atoms with E-state index in [0.717, 1.165) is 25.6 Å². The SMILES string of the molecule is CCC(CC)CN(CCO)Cc1cccnc1. The molecule has 0 aliphatic heterocycles. The molecule has 3 nitrogen and oxygen atoms in total. The Balaban J connectivity index is 2.53. The van der Waals surface area contributed by atoms with Crippen LogP contribution in [0, 0.1) is 5.92 Å². The van der Waals surface area contributed by atoms with Gasteiger partial charge < -0.3 is 5.11 Å². The fourth-order valence-electron chi connectivity index (χ4n) is 2.04. The molecule has 0 unspecified atom stereocenters. The van der Waals surface area contributed by atoms with E-state index in [2.05, 4.69) is 29.8 Å². The molecule has 1 N–H and O–H groups in total. The molecule has 0 fully saturated rings. The third-order valence-corrected chi connectivity index (χ3v) is 3.22. The molecule has 1 aromatic rings. The molecular formula is C14H24N2O. The molecule has 0 saturated carbocycles. The number of aliphatic hydroxyl groups is 1. The largest absolute Gasteiger partial charge is 0.395 e. The van der Waals surface area contributed by atoms with Gasteiger partial charge in [-0.05, 0) is 17.5 Å². The van der Waals surface area contributed by atoms with Crippen LogP contribution in [0.5, 0.6) is 0 Å². The second kappa shape index (κ2) is 8.20.